The zero-order valence-corrected chi connectivity index (χ0v) is 14.9. The normalized spacial score (nSPS) is 11.3. The van der Waals surface area contributed by atoms with Crippen molar-refractivity contribution in [3.05, 3.63) is 65.2 Å². The van der Waals surface area contributed by atoms with Crippen LogP contribution in [-0.4, -0.2) is 37.4 Å². The van der Waals surface area contributed by atoms with E-state index in [2.05, 4.69) is 10.6 Å². The third-order valence-electron chi connectivity index (χ3n) is 3.78. The summed E-state index contributed by atoms with van der Waals surface area (Å²) in [6.45, 7) is 0.370. The molecule has 0 atom stereocenters. The Morgan fingerprint density at radius 3 is 2.33 bits per heavy atom. The molecule has 2 amide bonds. The number of alkyl halides is 3. The predicted molar refractivity (Wildman–Crippen MR) is 96.2 cm³/mol. The minimum Gasteiger partial charge on any atom is -0.355 e. The minimum atomic E-state index is -4.37. The zero-order chi connectivity index (χ0) is 20.0. The number of likely N-dealkylation sites (N-methyl/N-ethyl adjacent to an activating group) is 1. The quantitative estimate of drug-likeness (QED) is 0.811. The predicted octanol–water partition coefficient (Wildman–Crippen LogP) is 3.14. The second-order valence-corrected chi connectivity index (χ2v) is 6.08. The number of hydrogen-bond acceptors (Lipinski definition) is 3. The molecule has 0 fully saturated rings. The van der Waals surface area contributed by atoms with Gasteiger partial charge in [0.15, 0.2) is 0 Å². The molecule has 2 aromatic carbocycles. The van der Waals surface area contributed by atoms with Gasteiger partial charge in [0, 0.05) is 24.8 Å². The largest absolute Gasteiger partial charge is 0.416 e. The van der Waals surface area contributed by atoms with Crippen molar-refractivity contribution in [3.8, 4) is 0 Å². The number of anilines is 1. The summed E-state index contributed by atoms with van der Waals surface area (Å²) in [4.78, 5) is 25.4. The van der Waals surface area contributed by atoms with Crippen molar-refractivity contribution in [1.29, 1.82) is 0 Å². The molecule has 0 aromatic heterocycles. The van der Waals surface area contributed by atoms with E-state index in [1.165, 1.54) is 19.2 Å². The van der Waals surface area contributed by atoms with Crippen molar-refractivity contribution >= 4 is 17.5 Å². The van der Waals surface area contributed by atoms with Crippen LogP contribution in [0.1, 0.15) is 21.5 Å². The van der Waals surface area contributed by atoms with Crippen LogP contribution < -0.4 is 10.6 Å². The van der Waals surface area contributed by atoms with E-state index in [-0.39, 0.29) is 18.4 Å². The lowest BCUT2D eigenvalue weighted by molar-refractivity contribution is -0.137. The van der Waals surface area contributed by atoms with Crippen LogP contribution in [-0.2, 0) is 17.5 Å². The Hall–Kier alpha value is -2.87. The highest BCUT2D eigenvalue weighted by Crippen LogP contribution is 2.29. The molecule has 0 radical (unpaired) electrons. The zero-order valence-electron chi connectivity index (χ0n) is 14.9. The molecule has 2 N–H and O–H groups in total. The van der Waals surface area contributed by atoms with Gasteiger partial charge in [0.25, 0.3) is 5.91 Å². The summed E-state index contributed by atoms with van der Waals surface area (Å²) < 4.78 is 37.7. The smallest absolute Gasteiger partial charge is 0.355 e. The molecule has 0 saturated carbocycles. The SMILES string of the molecule is CNC(=O)c1cccc(NC(=O)CN(C)Cc2ccc(C(F)(F)F)cc2)c1. The Bertz CT molecular complexity index is 805. The first-order valence-electron chi connectivity index (χ1n) is 8.15. The fraction of sp³-hybridized carbons (Fsp3) is 0.263. The summed E-state index contributed by atoms with van der Waals surface area (Å²) in [5, 5.41) is 5.20. The molecule has 2 aromatic rings. The molecule has 0 unspecified atom stereocenters. The van der Waals surface area contributed by atoms with Crippen LogP contribution in [0.25, 0.3) is 0 Å². The summed E-state index contributed by atoms with van der Waals surface area (Å²) in [6, 6.07) is 11.3. The molecular weight excluding hydrogens is 359 g/mol. The molecule has 0 saturated heterocycles. The number of amides is 2. The Morgan fingerprint density at radius 2 is 1.74 bits per heavy atom. The molecular formula is C19H20F3N3O2. The van der Waals surface area contributed by atoms with E-state index in [0.29, 0.717) is 23.4 Å². The second kappa shape index (κ2) is 8.68. The molecule has 0 aliphatic carbocycles. The minimum absolute atomic E-state index is 0.0468. The van der Waals surface area contributed by atoms with Crippen LogP contribution in [0, 0.1) is 0 Å². The molecule has 2 rings (SSSR count). The maximum Gasteiger partial charge on any atom is 0.416 e. The lowest BCUT2D eigenvalue weighted by Gasteiger charge is -2.17. The topological polar surface area (TPSA) is 61.4 Å². The van der Waals surface area contributed by atoms with Crippen LogP contribution in [0.3, 0.4) is 0 Å². The van der Waals surface area contributed by atoms with E-state index in [1.54, 1.807) is 36.2 Å². The molecule has 5 nitrogen and oxygen atoms in total. The number of nitrogens with zero attached hydrogens (tertiary/aromatic N) is 1. The summed E-state index contributed by atoms with van der Waals surface area (Å²) >= 11 is 0. The fourth-order valence-electron chi connectivity index (χ4n) is 2.49. The molecule has 0 heterocycles. The lowest BCUT2D eigenvalue weighted by Crippen LogP contribution is -2.30. The number of nitrogens with one attached hydrogen (secondary N) is 2. The van der Waals surface area contributed by atoms with E-state index >= 15 is 0 Å². The van der Waals surface area contributed by atoms with Gasteiger partial charge in [0.2, 0.25) is 5.91 Å². The molecule has 144 valence electrons. The van der Waals surface area contributed by atoms with Crippen molar-refractivity contribution in [2.45, 2.75) is 12.7 Å². The van der Waals surface area contributed by atoms with Crippen LogP contribution in [0.15, 0.2) is 48.5 Å². The molecule has 0 aliphatic rings. The van der Waals surface area contributed by atoms with Crippen molar-refractivity contribution in [2.75, 3.05) is 26.0 Å². The average Bonchev–Trinajstić information content (AvgIpc) is 2.60. The van der Waals surface area contributed by atoms with E-state index in [1.807, 2.05) is 0 Å². The third kappa shape index (κ3) is 6.10. The van der Waals surface area contributed by atoms with Gasteiger partial charge in [-0.25, -0.2) is 0 Å². The Labute approximate surface area is 155 Å². The molecule has 0 bridgehead atoms. The first-order valence-corrected chi connectivity index (χ1v) is 8.15. The van der Waals surface area contributed by atoms with Crippen molar-refractivity contribution in [2.24, 2.45) is 0 Å². The number of halogens is 3. The summed E-state index contributed by atoms with van der Waals surface area (Å²) in [7, 11) is 3.21. The Balaban J connectivity index is 1.91. The van der Waals surface area contributed by atoms with Crippen molar-refractivity contribution < 1.29 is 22.8 Å². The number of benzene rings is 2. The second-order valence-electron chi connectivity index (χ2n) is 6.08. The van der Waals surface area contributed by atoms with Gasteiger partial charge < -0.3 is 10.6 Å². The van der Waals surface area contributed by atoms with Gasteiger partial charge in [-0.05, 0) is 42.9 Å². The summed E-state index contributed by atoms with van der Waals surface area (Å²) in [6.07, 6.45) is -4.37. The number of carbonyl (C=O) groups excluding carboxylic acids is 2. The van der Waals surface area contributed by atoms with Crippen molar-refractivity contribution in [1.82, 2.24) is 10.2 Å². The molecule has 27 heavy (non-hydrogen) atoms. The molecule has 0 spiro atoms. The van der Waals surface area contributed by atoms with E-state index in [0.717, 1.165) is 12.1 Å². The highest BCUT2D eigenvalue weighted by atomic mass is 19.4. The maximum atomic E-state index is 12.6. The van der Waals surface area contributed by atoms with Gasteiger partial charge in [0.05, 0.1) is 12.1 Å². The van der Waals surface area contributed by atoms with Gasteiger partial charge in [-0.15, -0.1) is 0 Å². The highest BCUT2D eigenvalue weighted by Gasteiger charge is 2.29. The Kier molecular flexibility index (Phi) is 6.57. The third-order valence-corrected chi connectivity index (χ3v) is 3.78. The Morgan fingerprint density at radius 1 is 1.07 bits per heavy atom. The van der Waals surface area contributed by atoms with Gasteiger partial charge in [0.1, 0.15) is 0 Å². The van der Waals surface area contributed by atoms with Crippen molar-refractivity contribution in [3.63, 3.8) is 0 Å². The van der Waals surface area contributed by atoms with Crippen LogP contribution in [0.5, 0.6) is 0 Å². The van der Waals surface area contributed by atoms with Crippen LogP contribution >= 0.6 is 0 Å². The van der Waals surface area contributed by atoms with E-state index < -0.39 is 11.7 Å². The number of rotatable bonds is 6. The summed E-state index contributed by atoms with van der Waals surface area (Å²) in [5.74, 6) is -0.552. The number of hydrogen-bond donors (Lipinski definition) is 2. The average molecular weight is 379 g/mol. The van der Waals surface area contributed by atoms with Gasteiger partial charge in [-0.1, -0.05) is 18.2 Å². The fourth-order valence-corrected chi connectivity index (χ4v) is 2.49. The molecule has 8 heteroatoms. The molecule has 0 aliphatic heterocycles. The first-order chi connectivity index (χ1) is 12.7. The lowest BCUT2D eigenvalue weighted by atomic mass is 10.1. The number of carbonyl (C=O) groups is 2. The standard InChI is InChI=1S/C19H20F3N3O2/c1-23-18(27)14-4-3-5-16(10-14)24-17(26)12-25(2)11-13-6-8-15(9-7-13)19(20,21)22/h3-10H,11-12H2,1-2H3,(H,23,27)(H,24,26). The van der Waals surface area contributed by atoms with Crippen LogP contribution in [0.2, 0.25) is 0 Å². The van der Waals surface area contributed by atoms with Crippen LogP contribution in [0.4, 0.5) is 18.9 Å². The van der Waals surface area contributed by atoms with E-state index in [9.17, 15) is 22.8 Å². The maximum absolute atomic E-state index is 12.6. The summed E-state index contributed by atoms with van der Waals surface area (Å²) in [5.41, 5.74) is 0.875. The van der Waals surface area contributed by atoms with Gasteiger partial charge in [-0.2, -0.15) is 13.2 Å². The van der Waals surface area contributed by atoms with Gasteiger partial charge >= 0.3 is 6.18 Å². The highest BCUT2D eigenvalue weighted by molar-refractivity contribution is 5.97. The monoisotopic (exact) mass is 379 g/mol. The van der Waals surface area contributed by atoms with Gasteiger partial charge in [-0.3, -0.25) is 14.5 Å². The van der Waals surface area contributed by atoms with E-state index in [4.69, 9.17) is 0 Å². The first kappa shape index (κ1) is 20.4.